The van der Waals surface area contributed by atoms with Gasteiger partial charge in [0.15, 0.2) is 12.1 Å². The molecule has 0 saturated carbocycles. The van der Waals surface area contributed by atoms with Crippen LogP contribution in [0.2, 0.25) is 0 Å². The summed E-state index contributed by atoms with van der Waals surface area (Å²) in [5.74, 6) is 0.199. The number of ether oxygens (including phenoxy) is 1. The average Bonchev–Trinajstić information content (AvgIpc) is 3.08. The van der Waals surface area contributed by atoms with E-state index in [4.69, 9.17) is 17.0 Å². The molecule has 0 unspecified atom stereocenters. The van der Waals surface area contributed by atoms with Crippen LogP contribution in [0.4, 0.5) is 0 Å². The van der Waals surface area contributed by atoms with Crippen molar-refractivity contribution >= 4 is 18.1 Å². The van der Waals surface area contributed by atoms with E-state index in [1.807, 2.05) is 16.7 Å². The molecule has 31 heavy (non-hydrogen) atoms. The Kier molecular flexibility index (Phi) is 7.89. The quantitative estimate of drug-likeness (QED) is 0.342. The number of carbonyl (C=O) groups is 1. The molecule has 0 spiro atoms. The Morgan fingerprint density at radius 1 is 1.26 bits per heavy atom. The third-order valence-corrected chi connectivity index (χ3v) is 5.73. The fourth-order valence-corrected chi connectivity index (χ4v) is 4.03. The minimum absolute atomic E-state index is 0.351. The number of hydrogen-bond acceptors (Lipinski definition) is 8. The van der Waals surface area contributed by atoms with Gasteiger partial charge in [0.25, 0.3) is 0 Å². The first-order valence-corrected chi connectivity index (χ1v) is 10.8. The van der Waals surface area contributed by atoms with Crippen LogP contribution in [0.5, 0.6) is 0 Å². The lowest BCUT2D eigenvalue weighted by molar-refractivity contribution is -0.219. The maximum Gasteiger partial charge on any atom is 0.217 e. The molecule has 2 aromatic heterocycles. The molecule has 0 aliphatic carbocycles. The highest BCUT2D eigenvalue weighted by molar-refractivity contribution is 7.71. The maximum absolute atomic E-state index is 11.8. The summed E-state index contributed by atoms with van der Waals surface area (Å²) < 4.78 is 9.53. The van der Waals surface area contributed by atoms with Gasteiger partial charge in [-0.15, -0.1) is 5.10 Å². The molecule has 1 aliphatic heterocycles. The molecule has 3 rings (SSSR count). The Hall–Kier alpha value is -2.18. The lowest BCUT2D eigenvalue weighted by Crippen LogP contribution is -2.62. The predicted molar refractivity (Wildman–Crippen MR) is 114 cm³/mol. The summed E-state index contributed by atoms with van der Waals surface area (Å²) in [6.07, 6.45) is 1.46. The summed E-state index contributed by atoms with van der Waals surface area (Å²) in [4.78, 5) is 15.8. The molecule has 10 nitrogen and oxygen atoms in total. The Bertz CT molecular complexity index is 934. The Balaban J connectivity index is 2.08. The van der Waals surface area contributed by atoms with E-state index in [2.05, 4.69) is 22.3 Å². The third kappa shape index (κ3) is 5.01. The summed E-state index contributed by atoms with van der Waals surface area (Å²) in [5, 5.41) is 37.8. The first kappa shape index (κ1) is 23.5. The van der Waals surface area contributed by atoms with Gasteiger partial charge in [-0.2, -0.15) is 0 Å². The van der Waals surface area contributed by atoms with Crippen LogP contribution in [0.3, 0.4) is 0 Å². The zero-order valence-electron chi connectivity index (χ0n) is 17.6. The van der Waals surface area contributed by atoms with Crippen molar-refractivity contribution in [3.8, 4) is 11.4 Å². The van der Waals surface area contributed by atoms with Crippen LogP contribution >= 0.6 is 12.2 Å². The van der Waals surface area contributed by atoms with Crippen molar-refractivity contribution in [3.63, 3.8) is 0 Å². The van der Waals surface area contributed by atoms with Crippen molar-refractivity contribution in [2.45, 2.75) is 70.2 Å². The molecule has 0 bridgehead atoms. The fraction of sp³-hybridized carbons (Fsp3) is 0.600. The number of amides is 1. The van der Waals surface area contributed by atoms with E-state index in [-0.39, 0.29) is 0 Å². The van der Waals surface area contributed by atoms with Crippen LogP contribution in [-0.2, 0) is 16.1 Å². The monoisotopic (exact) mass is 451 g/mol. The lowest BCUT2D eigenvalue weighted by Gasteiger charge is -2.42. The number of aromatic nitrogens is 4. The molecule has 4 N–H and O–H groups in total. The zero-order valence-corrected chi connectivity index (χ0v) is 18.4. The smallest absolute Gasteiger partial charge is 0.217 e. The first-order chi connectivity index (χ1) is 14.9. The van der Waals surface area contributed by atoms with Gasteiger partial charge < -0.3 is 25.4 Å². The van der Waals surface area contributed by atoms with E-state index in [0.29, 0.717) is 17.1 Å². The number of hydrogen-bond donors (Lipinski definition) is 4. The van der Waals surface area contributed by atoms with Gasteiger partial charge >= 0.3 is 0 Å². The molecular formula is C20H29N5O5S. The van der Waals surface area contributed by atoms with Gasteiger partial charge in [0.1, 0.15) is 24.4 Å². The number of unbranched alkanes of at least 4 members (excludes halogenated alkanes) is 2. The first-order valence-electron chi connectivity index (χ1n) is 10.4. The van der Waals surface area contributed by atoms with E-state index in [9.17, 15) is 20.1 Å². The van der Waals surface area contributed by atoms with E-state index in [1.54, 1.807) is 12.4 Å². The molecule has 11 heteroatoms. The second kappa shape index (κ2) is 10.4. The molecule has 1 amide bonds. The van der Waals surface area contributed by atoms with Crippen LogP contribution in [0, 0.1) is 4.77 Å². The summed E-state index contributed by atoms with van der Waals surface area (Å²) in [5.41, 5.74) is 0.808. The molecule has 170 valence electrons. The summed E-state index contributed by atoms with van der Waals surface area (Å²) in [6, 6.07) is 2.63. The number of nitrogens with one attached hydrogen (secondary N) is 1. The number of rotatable bonds is 8. The van der Waals surface area contributed by atoms with E-state index in [0.717, 1.165) is 24.8 Å². The van der Waals surface area contributed by atoms with Gasteiger partial charge in [0, 0.05) is 31.4 Å². The minimum Gasteiger partial charge on any atom is -0.394 e. The molecule has 2 aromatic rings. The van der Waals surface area contributed by atoms with Crippen molar-refractivity contribution in [1.29, 1.82) is 0 Å². The number of nitrogens with zero attached hydrogens (tertiary/aromatic N) is 4. The van der Waals surface area contributed by atoms with Crippen LogP contribution < -0.4 is 5.32 Å². The molecular weight excluding hydrogens is 422 g/mol. The van der Waals surface area contributed by atoms with Gasteiger partial charge in [-0.1, -0.05) is 19.8 Å². The fourth-order valence-electron chi connectivity index (χ4n) is 3.71. The number of carbonyl (C=O) groups excluding carboxylic acids is 1. The Labute approximate surface area is 185 Å². The predicted octanol–water partition coefficient (Wildman–Crippen LogP) is 0.782. The van der Waals surface area contributed by atoms with Gasteiger partial charge in [-0.05, 0) is 30.8 Å². The second-order valence-electron chi connectivity index (χ2n) is 7.60. The average molecular weight is 452 g/mol. The second-order valence-corrected chi connectivity index (χ2v) is 7.97. The van der Waals surface area contributed by atoms with E-state index >= 15 is 0 Å². The highest BCUT2D eigenvalue weighted by Gasteiger charge is 2.46. The third-order valence-electron chi connectivity index (χ3n) is 5.32. The largest absolute Gasteiger partial charge is 0.394 e. The SMILES string of the molecule is CCCCCn1c(-c2ccncc2)nn([C@@H]2O[C@@H](CO)[C@@H](O)[C@@H](O)[C@H]2NC(C)=O)c1=S. The van der Waals surface area contributed by atoms with Crippen LogP contribution in [0.15, 0.2) is 24.5 Å². The Morgan fingerprint density at radius 3 is 2.58 bits per heavy atom. The number of aliphatic hydroxyl groups excluding tert-OH is 3. The lowest BCUT2D eigenvalue weighted by atomic mass is 9.96. The van der Waals surface area contributed by atoms with Crippen molar-refractivity contribution in [1.82, 2.24) is 24.6 Å². The molecule has 3 heterocycles. The standard InChI is InChI=1S/C20H29N5O5S/c1-3-4-5-10-24-18(13-6-8-21-9-7-13)23-25(20(24)31)19-15(22-12(2)27)17(29)16(28)14(11-26)30-19/h6-9,14-17,19,26,28-29H,3-5,10-11H2,1-2H3,(H,22,27)/t14-,15+,16+,17-,19+/m0/s1. The zero-order chi connectivity index (χ0) is 22.5. The van der Waals surface area contributed by atoms with Crippen LogP contribution in [0.1, 0.15) is 39.3 Å². The number of aliphatic hydroxyl groups is 3. The Morgan fingerprint density at radius 2 is 1.97 bits per heavy atom. The maximum atomic E-state index is 11.8. The van der Waals surface area contributed by atoms with Gasteiger partial charge in [0.2, 0.25) is 10.7 Å². The van der Waals surface area contributed by atoms with Gasteiger partial charge in [-0.3, -0.25) is 14.3 Å². The number of pyridine rings is 1. The molecule has 0 radical (unpaired) electrons. The summed E-state index contributed by atoms with van der Waals surface area (Å²) in [7, 11) is 0. The van der Waals surface area contributed by atoms with Crippen molar-refractivity contribution < 1.29 is 24.9 Å². The van der Waals surface area contributed by atoms with Crippen molar-refractivity contribution in [2.24, 2.45) is 0 Å². The molecule has 1 aliphatic rings. The summed E-state index contributed by atoms with van der Waals surface area (Å²) >= 11 is 5.70. The van der Waals surface area contributed by atoms with Crippen LogP contribution in [0.25, 0.3) is 11.4 Å². The molecule has 1 fully saturated rings. The van der Waals surface area contributed by atoms with E-state index < -0.39 is 43.1 Å². The van der Waals surface area contributed by atoms with Crippen molar-refractivity contribution in [3.05, 3.63) is 29.3 Å². The topological polar surface area (TPSA) is 135 Å². The highest BCUT2D eigenvalue weighted by Crippen LogP contribution is 2.30. The van der Waals surface area contributed by atoms with Gasteiger partial charge in [0.05, 0.1) is 6.61 Å². The van der Waals surface area contributed by atoms with Crippen LogP contribution in [-0.4, -0.2) is 71.5 Å². The van der Waals surface area contributed by atoms with Gasteiger partial charge in [-0.25, -0.2) is 4.68 Å². The van der Waals surface area contributed by atoms with Crippen molar-refractivity contribution in [2.75, 3.05) is 6.61 Å². The van der Waals surface area contributed by atoms with E-state index in [1.165, 1.54) is 11.6 Å². The molecule has 5 atom stereocenters. The highest BCUT2D eigenvalue weighted by atomic mass is 32.1. The summed E-state index contributed by atoms with van der Waals surface area (Å²) in [6.45, 7) is 3.54. The molecule has 0 aromatic carbocycles. The molecule has 1 saturated heterocycles. The minimum atomic E-state index is -1.38. The normalized spacial score (nSPS) is 26.0.